The lowest BCUT2D eigenvalue weighted by Crippen LogP contribution is -2.07. The van der Waals surface area contributed by atoms with Crippen LogP contribution in [0.25, 0.3) is 10.6 Å². The molecular formula is C14H13NO3S. The standard InChI is InChI=1S/C14H13NO3S/c1-2-18-13(17)7-12-9-19-14(15-12)11-5-3-10(8-16)4-6-11/h3-6,8-9H,2,7H2,1H3. The van der Waals surface area contributed by atoms with E-state index in [0.29, 0.717) is 17.9 Å². The molecular weight excluding hydrogens is 262 g/mol. The van der Waals surface area contributed by atoms with Gasteiger partial charge < -0.3 is 4.74 Å². The Labute approximate surface area is 115 Å². The summed E-state index contributed by atoms with van der Waals surface area (Å²) in [6.07, 6.45) is 0.995. The van der Waals surface area contributed by atoms with Crippen molar-refractivity contribution in [2.24, 2.45) is 0 Å². The number of thiazole rings is 1. The number of aromatic nitrogens is 1. The predicted octanol–water partition coefficient (Wildman–Crippen LogP) is 2.73. The molecule has 0 unspecified atom stereocenters. The monoisotopic (exact) mass is 275 g/mol. The quantitative estimate of drug-likeness (QED) is 0.622. The summed E-state index contributed by atoms with van der Waals surface area (Å²) in [7, 11) is 0. The molecule has 98 valence electrons. The highest BCUT2D eigenvalue weighted by Gasteiger charge is 2.09. The highest BCUT2D eigenvalue weighted by Crippen LogP contribution is 2.24. The summed E-state index contributed by atoms with van der Waals surface area (Å²) in [6, 6.07) is 7.18. The summed E-state index contributed by atoms with van der Waals surface area (Å²) in [4.78, 5) is 26.3. The first-order chi connectivity index (χ1) is 9.22. The normalized spacial score (nSPS) is 10.2. The largest absolute Gasteiger partial charge is 0.466 e. The van der Waals surface area contributed by atoms with Crippen LogP contribution in [0.3, 0.4) is 0 Å². The average Bonchev–Trinajstić information content (AvgIpc) is 2.87. The molecule has 0 aliphatic heterocycles. The Bertz CT molecular complexity index is 575. The maximum Gasteiger partial charge on any atom is 0.311 e. The molecule has 0 saturated carbocycles. The minimum atomic E-state index is -0.268. The number of nitrogens with zero attached hydrogens (tertiary/aromatic N) is 1. The molecule has 0 amide bonds. The molecule has 5 heteroatoms. The molecule has 1 aromatic heterocycles. The molecule has 0 N–H and O–H groups in total. The minimum Gasteiger partial charge on any atom is -0.466 e. The second-order valence-corrected chi connectivity index (χ2v) is 4.72. The second kappa shape index (κ2) is 6.24. The van der Waals surface area contributed by atoms with Crippen LogP contribution in [0.5, 0.6) is 0 Å². The van der Waals surface area contributed by atoms with Crippen molar-refractivity contribution < 1.29 is 14.3 Å². The van der Waals surface area contributed by atoms with Crippen molar-refractivity contribution in [1.82, 2.24) is 4.98 Å². The molecule has 0 spiro atoms. The van der Waals surface area contributed by atoms with Gasteiger partial charge in [0.2, 0.25) is 0 Å². The van der Waals surface area contributed by atoms with Crippen molar-refractivity contribution in [2.45, 2.75) is 13.3 Å². The number of ether oxygens (including phenoxy) is 1. The summed E-state index contributed by atoms with van der Waals surface area (Å²) in [6.45, 7) is 2.15. The highest BCUT2D eigenvalue weighted by atomic mass is 32.1. The van der Waals surface area contributed by atoms with Crippen molar-refractivity contribution >= 4 is 23.6 Å². The number of hydrogen-bond donors (Lipinski definition) is 0. The fraction of sp³-hybridized carbons (Fsp3) is 0.214. The number of benzene rings is 1. The first kappa shape index (κ1) is 13.4. The van der Waals surface area contributed by atoms with Gasteiger partial charge in [0.05, 0.1) is 18.7 Å². The lowest BCUT2D eigenvalue weighted by atomic mass is 10.1. The van der Waals surface area contributed by atoms with Gasteiger partial charge in [-0.25, -0.2) is 4.98 Å². The molecule has 0 bridgehead atoms. The van der Waals surface area contributed by atoms with Crippen LogP contribution in [-0.4, -0.2) is 23.8 Å². The van der Waals surface area contributed by atoms with E-state index in [0.717, 1.165) is 16.9 Å². The van der Waals surface area contributed by atoms with E-state index in [1.165, 1.54) is 11.3 Å². The fourth-order valence-corrected chi connectivity index (χ4v) is 2.41. The molecule has 0 aliphatic rings. The maximum absolute atomic E-state index is 11.3. The predicted molar refractivity (Wildman–Crippen MR) is 73.3 cm³/mol. The van der Waals surface area contributed by atoms with E-state index < -0.39 is 0 Å². The second-order valence-electron chi connectivity index (χ2n) is 3.87. The first-order valence-corrected chi connectivity index (χ1v) is 6.76. The molecule has 2 aromatic rings. The van der Waals surface area contributed by atoms with Gasteiger partial charge in [-0.2, -0.15) is 0 Å². The van der Waals surface area contributed by atoms with Gasteiger partial charge in [0.1, 0.15) is 11.3 Å². The van der Waals surface area contributed by atoms with Gasteiger partial charge in [0, 0.05) is 16.5 Å². The van der Waals surface area contributed by atoms with Crippen LogP contribution in [0.4, 0.5) is 0 Å². The Hall–Kier alpha value is -2.01. The van der Waals surface area contributed by atoms with Gasteiger partial charge in [-0.15, -0.1) is 11.3 Å². The average molecular weight is 275 g/mol. The molecule has 4 nitrogen and oxygen atoms in total. The molecule has 0 saturated heterocycles. The third-order valence-electron chi connectivity index (χ3n) is 2.48. The molecule has 1 heterocycles. The Balaban J connectivity index is 2.11. The van der Waals surface area contributed by atoms with Crippen LogP contribution in [0.2, 0.25) is 0 Å². The lowest BCUT2D eigenvalue weighted by molar-refractivity contribution is -0.142. The smallest absolute Gasteiger partial charge is 0.311 e. The number of carbonyl (C=O) groups excluding carboxylic acids is 2. The molecule has 19 heavy (non-hydrogen) atoms. The summed E-state index contributed by atoms with van der Waals surface area (Å²) >= 11 is 1.47. The Morgan fingerprint density at radius 3 is 2.74 bits per heavy atom. The number of hydrogen-bond acceptors (Lipinski definition) is 5. The first-order valence-electron chi connectivity index (χ1n) is 5.88. The van der Waals surface area contributed by atoms with E-state index in [-0.39, 0.29) is 12.4 Å². The van der Waals surface area contributed by atoms with Crippen LogP contribution in [0.1, 0.15) is 23.0 Å². The molecule has 2 rings (SSSR count). The van der Waals surface area contributed by atoms with Crippen molar-refractivity contribution in [2.75, 3.05) is 6.61 Å². The zero-order chi connectivity index (χ0) is 13.7. The highest BCUT2D eigenvalue weighted by molar-refractivity contribution is 7.13. The number of aldehydes is 1. The van der Waals surface area contributed by atoms with Crippen LogP contribution in [0.15, 0.2) is 29.6 Å². The summed E-state index contributed by atoms with van der Waals surface area (Å²) < 4.78 is 4.88. The third-order valence-corrected chi connectivity index (χ3v) is 3.42. The third kappa shape index (κ3) is 3.48. The van der Waals surface area contributed by atoms with E-state index in [4.69, 9.17) is 4.74 Å². The van der Waals surface area contributed by atoms with Crippen molar-refractivity contribution in [1.29, 1.82) is 0 Å². The van der Waals surface area contributed by atoms with E-state index in [1.807, 2.05) is 17.5 Å². The van der Waals surface area contributed by atoms with Crippen LogP contribution >= 0.6 is 11.3 Å². The molecule has 1 aromatic carbocycles. The van der Waals surface area contributed by atoms with E-state index >= 15 is 0 Å². The van der Waals surface area contributed by atoms with Crippen molar-refractivity contribution in [3.05, 3.63) is 40.9 Å². The lowest BCUT2D eigenvalue weighted by Gasteiger charge is -1.98. The van der Waals surface area contributed by atoms with Crippen LogP contribution in [-0.2, 0) is 16.0 Å². The topological polar surface area (TPSA) is 56.3 Å². The van der Waals surface area contributed by atoms with Gasteiger partial charge >= 0.3 is 5.97 Å². The van der Waals surface area contributed by atoms with Gasteiger partial charge in [-0.1, -0.05) is 24.3 Å². The van der Waals surface area contributed by atoms with Gasteiger partial charge in [-0.3, -0.25) is 9.59 Å². The maximum atomic E-state index is 11.3. The van der Waals surface area contributed by atoms with E-state index in [1.54, 1.807) is 19.1 Å². The van der Waals surface area contributed by atoms with Gasteiger partial charge in [-0.05, 0) is 6.92 Å². The fourth-order valence-electron chi connectivity index (χ4n) is 1.58. The van der Waals surface area contributed by atoms with E-state index in [2.05, 4.69) is 4.98 Å². The minimum absolute atomic E-state index is 0.191. The van der Waals surface area contributed by atoms with E-state index in [9.17, 15) is 9.59 Å². The molecule has 0 atom stereocenters. The molecule has 0 radical (unpaired) electrons. The van der Waals surface area contributed by atoms with Crippen LogP contribution < -0.4 is 0 Å². The Morgan fingerprint density at radius 1 is 1.37 bits per heavy atom. The number of carbonyl (C=O) groups is 2. The molecule has 0 fully saturated rings. The Kier molecular flexibility index (Phi) is 4.41. The summed E-state index contributed by atoms with van der Waals surface area (Å²) in [5.41, 5.74) is 2.27. The van der Waals surface area contributed by atoms with Gasteiger partial charge in [0.15, 0.2) is 0 Å². The summed E-state index contributed by atoms with van der Waals surface area (Å²) in [5, 5.41) is 2.68. The summed E-state index contributed by atoms with van der Waals surface area (Å²) in [5.74, 6) is -0.268. The number of rotatable bonds is 5. The van der Waals surface area contributed by atoms with Crippen molar-refractivity contribution in [3.8, 4) is 10.6 Å². The SMILES string of the molecule is CCOC(=O)Cc1csc(-c2ccc(C=O)cc2)n1. The van der Waals surface area contributed by atoms with Gasteiger partial charge in [0.25, 0.3) is 0 Å². The van der Waals surface area contributed by atoms with Crippen molar-refractivity contribution in [3.63, 3.8) is 0 Å². The van der Waals surface area contributed by atoms with Crippen LogP contribution in [0, 0.1) is 0 Å². The molecule has 0 aliphatic carbocycles. The zero-order valence-electron chi connectivity index (χ0n) is 10.5. The number of esters is 1. The Morgan fingerprint density at radius 2 is 2.11 bits per heavy atom. The zero-order valence-corrected chi connectivity index (χ0v) is 11.3.